The van der Waals surface area contributed by atoms with Crippen LogP contribution in [0.4, 0.5) is 4.79 Å². The summed E-state index contributed by atoms with van der Waals surface area (Å²) in [4.78, 5) is 36.7. The summed E-state index contributed by atoms with van der Waals surface area (Å²) in [5, 5.41) is 2.52. The first kappa shape index (κ1) is 26.6. The predicted octanol–water partition coefficient (Wildman–Crippen LogP) is 3.82. The van der Waals surface area contributed by atoms with Crippen LogP contribution in [0.2, 0.25) is 0 Å². The molecule has 0 bridgehead atoms. The average Bonchev–Trinajstić information content (AvgIpc) is 2.77. The minimum Gasteiger partial charge on any atom is -0.467 e. The number of hydrogen-bond acceptors (Lipinski definition) is 7. The highest BCUT2D eigenvalue weighted by Gasteiger charge is 2.31. The number of rotatable bonds is 9. The third kappa shape index (κ3) is 9.04. The molecule has 8 heteroatoms. The summed E-state index contributed by atoms with van der Waals surface area (Å²) in [5.74, 6) is -0.833. The van der Waals surface area contributed by atoms with Crippen LogP contribution in [0, 0.1) is 0 Å². The fourth-order valence-corrected chi connectivity index (χ4v) is 4.06. The van der Waals surface area contributed by atoms with Gasteiger partial charge in [0.05, 0.1) is 7.11 Å². The SMILES string of the molecule is COC(=O)[C@H](CCC[C@H](N)C(=O)O[C@@H]1CCCC[C@H]1c1ccccc1)NC(=O)OC(C)(C)C. The van der Waals surface area contributed by atoms with E-state index in [1.54, 1.807) is 20.8 Å². The summed E-state index contributed by atoms with van der Waals surface area (Å²) in [6.07, 6.45) is 4.07. The molecule has 0 heterocycles. The first-order chi connectivity index (χ1) is 15.6. The van der Waals surface area contributed by atoms with Crippen molar-refractivity contribution < 1.29 is 28.6 Å². The van der Waals surface area contributed by atoms with Gasteiger partial charge < -0.3 is 25.3 Å². The minimum absolute atomic E-state index is 0.179. The zero-order valence-corrected chi connectivity index (χ0v) is 20.2. The molecule has 0 unspecified atom stereocenters. The Hall–Kier alpha value is -2.61. The zero-order chi connectivity index (χ0) is 24.4. The van der Waals surface area contributed by atoms with Crippen molar-refractivity contribution >= 4 is 18.0 Å². The lowest BCUT2D eigenvalue weighted by Gasteiger charge is -2.32. The number of carbonyl (C=O) groups excluding carboxylic acids is 3. The van der Waals surface area contributed by atoms with Crippen LogP contribution < -0.4 is 11.1 Å². The van der Waals surface area contributed by atoms with Gasteiger partial charge in [-0.3, -0.25) is 4.79 Å². The molecule has 0 aromatic heterocycles. The van der Waals surface area contributed by atoms with E-state index in [2.05, 4.69) is 17.4 Å². The Bertz CT molecular complexity index is 777. The lowest BCUT2D eigenvalue weighted by atomic mass is 9.81. The Morgan fingerprint density at radius 3 is 2.36 bits per heavy atom. The zero-order valence-electron chi connectivity index (χ0n) is 20.2. The maximum absolute atomic E-state index is 12.7. The Labute approximate surface area is 196 Å². The van der Waals surface area contributed by atoms with Gasteiger partial charge in [0, 0.05) is 5.92 Å². The summed E-state index contributed by atoms with van der Waals surface area (Å²) >= 11 is 0. The fourth-order valence-electron chi connectivity index (χ4n) is 4.06. The van der Waals surface area contributed by atoms with E-state index < -0.39 is 35.7 Å². The van der Waals surface area contributed by atoms with E-state index in [4.69, 9.17) is 19.9 Å². The molecule has 1 aliphatic rings. The van der Waals surface area contributed by atoms with Crippen LogP contribution in [0.15, 0.2) is 30.3 Å². The van der Waals surface area contributed by atoms with Crippen LogP contribution in [-0.2, 0) is 23.8 Å². The van der Waals surface area contributed by atoms with Crippen LogP contribution in [0.1, 0.15) is 77.2 Å². The number of nitrogens with one attached hydrogen (secondary N) is 1. The van der Waals surface area contributed by atoms with Gasteiger partial charge in [-0.05, 0) is 64.9 Å². The van der Waals surface area contributed by atoms with Crippen LogP contribution in [0.3, 0.4) is 0 Å². The lowest BCUT2D eigenvalue weighted by molar-refractivity contribution is -0.153. The topological polar surface area (TPSA) is 117 Å². The monoisotopic (exact) mass is 462 g/mol. The van der Waals surface area contributed by atoms with E-state index in [1.807, 2.05) is 18.2 Å². The molecule has 1 aliphatic carbocycles. The van der Waals surface area contributed by atoms with E-state index >= 15 is 0 Å². The molecule has 1 saturated carbocycles. The summed E-state index contributed by atoms with van der Waals surface area (Å²) in [7, 11) is 1.25. The Morgan fingerprint density at radius 2 is 1.73 bits per heavy atom. The molecule has 1 aromatic rings. The van der Waals surface area contributed by atoms with Gasteiger partial charge in [0.2, 0.25) is 0 Å². The molecule has 0 aliphatic heterocycles. The number of nitrogens with two attached hydrogens (primary N) is 1. The predicted molar refractivity (Wildman–Crippen MR) is 125 cm³/mol. The smallest absolute Gasteiger partial charge is 0.408 e. The van der Waals surface area contributed by atoms with E-state index in [0.717, 1.165) is 25.7 Å². The van der Waals surface area contributed by atoms with Crippen molar-refractivity contribution in [3.8, 4) is 0 Å². The minimum atomic E-state index is -0.881. The number of benzene rings is 1. The number of esters is 2. The van der Waals surface area contributed by atoms with Gasteiger partial charge in [0.25, 0.3) is 0 Å². The Morgan fingerprint density at radius 1 is 1.06 bits per heavy atom. The van der Waals surface area contributed by atoms with Crippen LogP contribution >= 0.6 is 0 Å². The van der Waals surface area contributed by atoms with Gasteiger partial charge in [0.1, 0.15) is 23.8 Å². The van der Waals surface area contributed by atoms with Gasteiger partial charge in [-0.15, -0.1) is 0 Å². The van der Waals surface area contributed by atoms with Crippen molar-refractivity contribution in [1.82, 2.24) is 5.32 Å². The van der Waals surface area contributed by atoms with Gasteiger partial charge in [-0.25, -0.2) is 9.59 Å². The van der Waals surface area contributed by atoms with E-state index in [0.29, 0.717) is 12.8 Å². The lowest BCUT2D eigenvalue weighted by Crippen LogP contribution is -2.44. The van der Waals surface area contributed by atoms with E-state index in [-0.39, 0.29) is 18.4 Å². The highest BCUT2D eigenvalue weighted by Crippen LogP contribution is 2.35. The Balaban J connectivity index is 1.86. The van der Waals surface area contributed by atoms with Gasteiger partial charge in [-0.1, -0.05) is 36.8 Å². The Kier molecular flexibility index (Phi) is 10.2. The van der Waals surface area contributed by atoms with E-state index in [1.165, 1.54) is 12.7 Å². The fraction of sp³-hybridized carbons (Fsp3) is 0.640. The van der Waals surface area contributed by atoms with Crippen LogP contribution in [0.5, 0.6) is 0 Å². The summed E-state index contributed by atoms with van der Waals surface area (Å²) < 4.78 is 15.8. The summed E-state index contributed by atoms with van der Waals surface area (Å²) in [5.41, 5.74) is 6.59. The quantitative estimate of drug-likeness (QED) is 0.423. The number of ether oxygens (including phenoxy) is 3. The second kappa shape index (κ2) is 12.6. The third-order valence-corrected chi connectivity index (χ3v) is 5.69. The molecule has 4 atom stereocenters. The first-order valence-electron chi connectivity index (χ1n) is 11.7. The molecule has 3 N–H and O–H groups in total. The molecule has 0 spiro atoms. The summed E-state index contributed by atoms with van der Waals surface area (Å²) in [6, 6.07) is 8.43. The molecule has 184 valence electrons. The van der Waals surface area contributed by atoms with Crippen molar-refractivity contribution in [2.75, 3.05) is 7.11 Å². The molecule has 1 amide bonds. The molecule has 2 rings (SSSR count). The van der Waals surface area contributed by atoms with Crippen LogP contribution in [0.25, 0.3) is 0 Å². The van der Waals surface area contributed by atoms with Gasteiger partial charge in [-0.2, -0.15) is 0 Å². The van der Waals surface area contributed by atoms with Crippen molar-refractivity contribution in [2.24, 2.45) is 5.73 Å². The molecule has 0 saturated heterocycles. The molecule has 1 aromatic carbocycles. The van der Waals surface area contributed by atoms with Gasteiger partial charge in [0.15, 0.2) is 0 Å². The number of carbonyl (C=O) groups is 3. The number of alkyl carbamates (subject to hydrolysis) is 1. The highest BCUT2D eigenvalue weighted by molar-refractivity contribution is 5.81. The van der Waals surface area contributed by atoms with Crippen molar-refractivity contribution in [3.05, 3.63) is 35.9 Å². The summed E-state index contributed by atoms with van der Waals surface area (Å²) in [6.45, 7) is 5.21. The van der Waals surface area contributed by atoms with Crippen molar-refractivity contribution in [2.45, 2.75) is 95.4 Å². The second-order valence-electron chi connectivity index (χ2n) is 9.54. The largest absolute Gasteiger partial charge is 0.467 e. The van der Waals surface area contributed by atoms with Crippen molar-refractivity contribution in [1.29, 1.82) is 0 Å². The van der Waals surface area contributed by atoms with Crippen LogP contribution in [-0.4, -0.2) is 48.9 Å². The highest BCUT2D eigenvalue weighted by atomic mass is 16.6. The molecule has 1 fully saturated rings. The third-order valence-electron chi connectivity index (χ3n) is 5.69. The normalized spacial score (nSPS) is 20.3. The molecule has 33 heavy (non-hydrogen) atoms. The maximum atomic E-state index is 12.7. The first-order valence-corrected chi connectivity index (χ1v) is 11.7. The number of amides is 1. The molecule has 0 radical (unpaired) electrons. The molecular weight excluding hydrogens is 424 g/mol. The number of hydrogen-bond donors (Lipinski definition) is 2. The molecule has 8 nitrogen and oxygen atoms in total. The standard InChI is InChI=1S/C25H38N2O6/c1-25(2,3)33-24(30)27-20(23(29)31-4)15-10-14-19(26)22(28)32-21-16-9-8-13-18(21)17-11-6-5-7-12-17/h5-7,11-12,18-21H,8-10,13-16,26H2,1-4H3,(H,27,30)/t18-,19-,20-,21+/m0/s1. The number of methoxy groups -OCH3 is 1. The molecular formula is C25H38N2O6. The van der Waals surface area contributed by atoms with Gasteiger partial charge >= 0.3 is 18.0 Å². The second-order valence-corrected chi connectivity index (χ2v) is 9.54. The van der Waals surface area contributed by atoms with E-state index in [9.17, 15) is 14.4 Å². The average molecular weight is 463 g/mol. The van der Waals surface area contributed by atoms with Crippen molar-refractivity contribution in [3.63, 3.8) is 0 Å². The maximum Gasteiger partial charge on any atom is 0.408 e.